The van der Waals surface area contributed by atoms with Gasteiger partial charge in [-0.25, -0.2) is 4.18 Å². The zero-order chi connectivity index (χ0) is 15.6. The SMILES string of the molecule is Cc1ccc(S(=O)(=O)OC2(C#Cc3ccccc3)CC2)cc1. The summed E-state index contributed by atoms with van der Waals surface area (Å²) < 4.78 is 30.0. The Morgan fingerprint density at radius 3 is 2.23 bits per heavy atom. The minimum atomic E-state index is -3.78. The lowest BCUT2D eigenvalue weighted by molar-refractivity contribution is 0.246. The molecule has 0 spiro atoms. The topological polar surface area (TPSA) is 43.4 Å². The highest BCUT2D eigenvalue weighted by atomic mass is 32.2. The largest absolute Gasteiger partial charge is 0.298 e. The molecule has 0 saturated heterocycles. The van der Waals surface area contributed by atoms with Gasteiger partial charge in [0.05, 0.1) is 4.90 Å². The van der Waals surface area contributed by atoms with E-state index in [1.54, 1.807) is 24.3 Å². The van der Waals surface area contributed by atoms with Crippen molar-refractivity contribution in [3.8, 4) is 11.8 Å². The summed E-state index contributed by atoms with van der Waals surface area (Å²) in [6.07, 6.45) is 1.27. The second-order valence-corrected chi connectivity index (χ2v) is 7.01. The number of aryl methyl sites for hydroxylation is 1. The summed E-state index contributed by atoms with van der Waals surface area (Å²) in [4.78, 5) is 0.172. The van der Waals surface area contributed by atoms with Gasteiger partial charge in [-0.3, -0.25) is 0 Å². The molecule has 2 aromatic carbocycles. The summed E-state index contributed by atoms with van der Waals surface area (Å²) in [7, 11) is -3.78. The van der Waals surface area contributed by atoms with E-state index in [4.69, 9.17) is 4.18 Å². The molecule has 4 heteroatoms. The van der Waals surface area contributed by atoms with Crippen LogP contribution in [0.15, 0.2) is 59.5 Å². The molecule has 0 amide bonds. The summed E-state index contributed by atoms with van der Waals surface area (Å²) >= 11 is 0. The van der Waals surface area contributed by atoms with Crippen molar-refractivity contribution >= 4 is 10.1 Å². The first-order valence-electron chi connectivity index (χ1n) is 7.10. The van der Waals surface area contributed by atoms with Crippen molar-refractivity contribution in [2.75, 3.05) is 0 Å². The van der Waals surface area contributed by atoms with Gasteiger partial charge in [0.25, 0.3) is 10.1 Å². The van der Waals surface area contributed by atoms with E-state index in [9.17, 15) is 8.42 Å². The molecule has 0 N–H and O–H groups in total. The summed E-state index contributed by atoms with van der Waals surface area (Å²) in [5.41, 5.74) is 0.994. The second-order valence-electron chi connectivity index (χ2n) is 5.46. The van der Waals surface area contributed by atoms with Gasteiger partial charge in [0, 0.05) is 5.56 Å². The third kappa shape index (κ3) is 3.38. The first kappa shape index (κ1) is 14.8. The standard InChI is InChI=1S/C18H16O3S/c1-15-7-9-17(10-8-15)22(19,20)21-18(13-14-18)12-11-16-5-3-2-4-6-16/h2-10H,13-14H2,1H3. The van der Waals surface area contributed by atoms with Gasteiger partial charge in [-0.15, -0.1) is 0 Å². The van der Waals surface area contributed by atoms with Crippen LogP contribution in [0, 0.1) is 18.8 Å². The predicted molar refractivity (Wildman–Crippen MR) is 84.7 cm³/mol. The van der Waals surface area contributed by atoms with Crippen molar-refractivity contribution in [1.82, 2.24) is 0 Å². The van der Waals surface area contributed by atoms with Gasteiger partial charge in [0.1, 0.15) is 5.60 Å². The zero-order valence-corrected chi connectivity index (χ0v) is 13.1. The minimum absolute atomic E-state index is 0.172. The lowest BCUT2D eigenvalue weighted by atomic mass is 10.2. The van der Waals surface area contributed by atoms with E-state index in [1.165, 1.54) is 0 Å². The molecule has 3 rings (SSSR count). The number of hydrogen-bond acceptors (Lipinski definition) is 3. The zero-order valence-electron chi connectivity index (χ0n) is 12.2. The van der Waals surface area contributed by atoms with Crippen LogP contribution in [0.3, 0.4) is 0 Å². The van der Waals surface area contributed by atoms with Crippen LogP contribution >= 0.6 is 0 Å². The molecule has 0 heterocycles. The summed E-state index contributed by atoms with van der Waals surface area (Å²) in [6, 6.07) is 16.1. The number of rotatable bonds is 3. The molecule has 0 unspecified atom stereocenters. The molecule has 22 heavy (non-hydrogen) atoms. The van der Waals surface area contributed by atoms with Gasteiger partial charge in [-0.05, 0) is 44.0 Å². The first-order chi connectivity index (χ1) is 10.5. The molecule has 0 aromatic heterocycles. The molecule has 3 nitrogen and oxygen atoms in total. The minimum Gasteiger partial charge on any atom is -0.247 e. The van der Waals surface area contributed by atoms with Crippen molar-refractivity contribution in [2.45, 2.75) is 30.3 Å². The third-order valence-electron chi connectivity index (χ3n) is 3.49. The van der Waals surface area contributed by atoms with Gasteiger partial charge >= 0.3 is 0 Å². The average molecular weight is 312 g/mol. The Balaban J connectivity index is 1.80. The van der Waals surface area contributed by atoms with E-state index < -0.39 is 15.7 Å². The van der Waals surface area contributed by atoms with E-state index in [0.29, 0.717) is 12.8 Å². The van der Waals surface area contributed by atoms with Crippen molar-refractivity contribution in [2.24, 2.45) is 0 Å². The first-order valence-corrected chi connectivity index (χ1v) is 8.51. The maximum Gasteiger partial charge on any atom is 0.298 e. The normalized spacial score (nSPS) is 15.7. The van der Waals surface area contributed by atoms with Crippen molar-refractivity contribution in [1.29, 1.82) is 0 Å². The van der Waals surface area contributed by atoms with Gasteiger partial charge in [-0.2, -0.15) is 8.42 Å². The van der Waals surface area contributed by atoms with Crippen LogP contribution in [-0.2, 0) is 14.3 Å². The molecule has 2 aromatic rings. The Bertz CT molecular complexity index is 821. The van der Waals surface area contributed by atoms with Gasteiger partial charge in [-0.1, -0.05) is 47.7 Å². The van der Waals surface area contributed by atoms with E-state index in [1.807, 2.05) is 37.3 Å². The molecule has 1 fully saturated rings. The highest BCUT2D eigenvalue weighted by Gasteiger charge is 2.47. The van der Waals surface area contributed by atoms with Crippen molar-refractivity contribution in [3.63, 3.8) is 0 Å². The smallest absolute Gasteiger partial charge is 0.247 e. The van der Waals surface area contributed by atoms with Crippen LogP contribution in [0.25, 0.3) is 0 Å². The number of hydrogen-bond donors (Lipinski definition) is 0. The summed E-state index contributed by atoms with van der Waals surface area (Å²) in [5.74, 6) is 5.96. The lowest BCUT2D eigenvalue weighted by Gasteiger charge is -2.10. The molecular formula is C18H16O3S. The van der Waals surface area contributed by atoms with Crippen molar-refractivity contribution in [3.05, 3.63) is 65.7 Å². The quantitative estimate of drug-likeness (QED) is 0.645. The van der Waals surface area contributed by atoms with Crippen LogP contribution in [-0.4, -0.2) is 14.0 Å². The van der Waals surface area contributed by atoms with Gasteiger partial charge in [0.15, 0.2) is 0 Å². The molecule has 1 aliphatic carbocycles. The fraction of sp³-hybridized carbons (Fsp3) is 0.222. The highest BCUT2D eigenvalue weighted by molar-refractivity contribution is 7.86. The molecule has 0 bridgehead atoms. The van der Waals surface area contributed by atoms with Crippen LogP contribution in [0.1, 0.15) is 24.0 Å². The van der Waals surface area contributed by atoms with Crippen molar-refractivity contribution < 1.29 is 12.6 Å². The molecule has 1 aliphatic rings. The van der Waals surface area contributed by atoms with Crippen LogP contribution in [0.4, 0.5) is 0 Å². The van der Waals surface area contributed by atoms with E-state index >= 15 is 0 Å². The van der Waals surface area contributed by atoms with Crippen LogP contribution in [0.5, 0.6) is 0 Å². The Kier molecular flexibility index (Phi) is 3.78. The average Bonchev–Trinajstić information content (AvgIpc) is 3.26. The molecular weight excluding hydrogens is 296 g/mol. The summed E-state index contributed by atoms with van der Waals surface area (Å²) in [6.45, 7) is 1.91. The summed E-state index contributed by atoms with van der Waals surface area (Å²) in [5, 5.41) is 0. The maximum atomic E-state index is 12.3. The Morgan fingerprint density at radius 1 is 1.00 bits per heavy atom. The van der Waals surface area contributed by atoms with Crippen LogP contribution in [0.2, 0.25) is 0 Å². The van der Waals surface area contributed by atoms with Gasteiger partial charge in [0.2, 0.25) is 0 Å². The molecule has 0 aliphatic heterocycles. The predicted octanol–water partition coefficient (Wildman–Crippen LogP) is 3.28. The second kappa shape index (κ2) is 5.60. The maximum absolute atomic E-state index is 12.3. The van der Waals surface area contributed by atoms with E-state index in [-0.39, 0.29) is 4.90 Å². The van der Waals surface area contributed by atoms with E-state index in [0.717, 1.165) is 11.1 Å². The molecule has 112 valence electrons. The van der Waals surface area contributed by atoms with E-state index in [2.05, 4.69) is 11.8 Å². The highest BCUT2D eigenvalue weighted by Crippen LogP contribution is 2.41. The Morgan fingerprint density at radius 2 is 1.64 bits per heavy atom. The third-order valence-corrected chi connectivity index (χ3v) is 4.88. The molecule has 1 saturated carbocycles. The molecule has 0 atom stereocenters. The lowest BCUT2D eigenvalue weighted by Crippen LogP contribution is -2.18. The van der Waals surface area contributed by atoms with Crippen LogP contribution < -0.4 is 0 Å². The molecule has 0 radical (unpaired) electrons. The number of benzene rings is 2. The fourth-order valence-corrected chi connectivity index (χ4v) is 3.21. The van der Waals surface area contributed by atoms with Gasteiger partial charge < -0.3 is 0 Å². The Labute approximate surface area is 131 Å². The monoisotopic (exact) mass is 312 g/mol. The fourth-order valence-electron chi connectivity index (χ4n) is 2.01. The Hall–Kier alpha value is -2.09.